The zero-order chi connectivity index (χ0) is 16.2. The van der Waals surface area contributed by atoms with E-state index in [1.807, 2.05) is 30.9 Å². The van der Waals surface area contributed by atoms with E-state index < -0.39 is 9.84 Å². The minimum Gasteiger partial charge on any atom is -0.468 e. The van der Waals surface area contributed by atoms with E-state index in [4.69, 9.17) is 4.42 Å². The molecule has 2 rings (SSSR count). The van der Waals surface area contributed by atoms with Crippen LogP contribution in [0.1, 0.15) is 26.0 Å². The number of nitrogens with zero attached hydrogens (tertiary/aromatic N) is 2. The molecule has 0 unspecified atom stereocenters. The molecule has 1 fully saturated rings. The van der Waals surface area contributed by atoms with Crippen molar-refractivity contribution in [2.45, 2.75) is 32.9 Å². The zero-order valence-corrected chi connectivity index (χ0v) is 14.0. The largest absolute Gasteiger partial charge is 0.468 e. The highest BCUT2D eigenvalue weighted by Gasteiger charge is 2.34. The predicted molar refractivity (Wildman–Crippen MR) is 84.1 cm³/mol. The van der Waals surface area contributed by atoms with Gasteiger partial charge in [-0.1, -0.05) is 6.92 Å². The first-order chi connectivity index (χ1) is 10.4. The van der Waals surface area contributed by atoms with Crippen LogP contribution < -0.4 is 0 Å². The third-order valence-corrected chi connectivity index (χ3v) is 5.83. The highest BCUT2D eigenvalue weighted by molar-refractivity contribution is 7.91. The molecule has 1 aliphatic rings. The van der Waals surface area contributed by atoms with Crippen LogP contribution >= 0.6 is 0 Å². The van der Waals surface area contributed by atoms with Crippen molar-refractivity contribution in [1.29, 1.82) is 0 Å². The smallest absolute Gasteiger partial charge is 0.237 e. The van der Waals surface area contributed by atoms with E-state index >= 15 is 0 Å². The second kappa shape index (κ2) is 7.28. The molecule has 1 amide bonds. The van der Waals surface area contributed by atoms with Gasteiger partial charge in [-0.05, 0) is 32.0 Å². The average molecular weight is 328 g/mol. The van der Waals surface area contributed by atoms with Crippen molar-refractivity contribution in [3.05, 3.63) is 24.2 Å². The number of furan rings is 1. The Bertz CT molecular complexity index is 583. The fraction of sp³-hybridized carbons (Fsp3) is 0.667. The highest BCUT2D eigenvalue weighted by atomic mass is 32.2. The molecule has 6 nitrogen and oxygen atoms in total. The van der Waals surface area contributed by atoms with Gasteiger partial charge in [0.15, 0.2) is 9.84 Å². The van der Waals surface area contributed by atoms with Gasteiger partial charge in [0.05, 0.1) is 30.9 Å². The number of hydrogen-bond acceptors (Lipinski definition) is 5. The maximum absolute atomic E-state index is 12.5. The lowest BCUT2D eigenvalue weighted by molar-refractivity contribution is -0.134. The quantitative estimate of drug-likeness (QED) is 0.750. The number of rotatable bonds is 7. The van der Waals surface area contributed by atoms with Crippen LogP contribution in [0.15, 0.2) is 22.8 Å². The molecule has 1 saturated heterocycles. The third-order valence-electron chi connectivity index (χ3n) is 4.08. The molecule has 1 aromatic heterocycles. The topological polar surface area (TPSA) is 70.8 Å². The molecule has 1 aromatic rings. The van der Waals surface area contributed by atoms with E-state index in [2.05, 4.69) is 0 Å². The lowest BCUT2D eigenvalue weighted by Gasteiger charge is -2.29. The predicted octanol–water partition coefficient (Wildman–Crippen LogP) is 1.14. The van der Waals surface area contributed by atoms with Gasteiger partial charge in [0.2, 0.25) is 5.91 Å². The Morgan fingerprint density at radius 1 is 1.36 bits per heavy atom. The van der Waals surface area contributed by atoms with Crippen LogP contribution in [0.3, 0.4) is 0 Å². The van der Waals surface area contributed by atoms with Crippen LogP contribution in [0.2, 0.25) is 0 Å². The summed E-state index contributed by atoms with van der Waals surface area (Å²) in [6.45, 7) is 6.01. The first-order valence-corrected chi connectivity index (χ1v) is 9.52. The number of likely N-dealkylation sites (N-methyl/N-ethyl adjacent to an activating group) is 2. The van der Waals surface area contributed by atoms with Gasteiger partial charge in [-0.3, -0.25) is 9.69 Å². The number of amides is 1. The third kappa shape index (κ3) is 4.33. The number of carbonyl (C=O) groups excluding carboxylic acids is 1. The molecule has 0 saturated carbocycles. The summed E-state index contributed by atoms with van der Waals surface area (Å²) in [6, 6.07) is 3.53. The summed E-state index contributed by atoms with van der Waals surface area (Å²) in [5.74, 6) is 1.08. The fourth-order valence-electron chi connectivity index (χ4n) is 2.84. The summed E-state index contributed by atoms with van der Waals surface area (Å²) >= 11 is 0. The van der Waals surface area contributed by atoms with E-state index in [0.29, 0.717) is 19.5 Å². The first-order valence-electron chi connectivity index (χ1n) is 7.69. The molecule has 7 heteroatoms. The molecule has 2 heterocycles. The number of sulfone groups is 1. The lowest BCUT2D eigenvalue weighted by Crippen LogP contribution is -2.46. The summed E-state index contributed by atoms with van der Waals surface area (Å²) in [7, 11) is -2.98. The zero-order valence-electron chi connectivity index (χ0n) is 13.2. The first kappa shape index (κ1) is 17.0. The van der Waals surface area contributed by atoms with E-state index in [1.165, 1.54) is 0 Å². The Labute approximate surface area is 132 Å². The monoisotopic (exact) mass is 328 g/mol. The molecule has 1 aliphatic heterocycles. The second-order valence-corrected chi connectivity index (χ2v) is 7.85. The van der Waals surface area contributed by atoms with Crippen LogP contribution in [0.25, 0.3) is 0 Å². The minimum absolute atomic E-state index is 0.0157. The Morgan fingerprint density at radius 3 is 2.64 bits per heavy atom. The molecule has 0 spiro atoms. The number of hydrogen-bond donors (Lipinski definition) is 0. The van der Waals surface area contributed by atoms with Gasteiger partial charge in [-0.2, -0.15) is 0 Å². The van der Waals surface area contributed by atoms with Crippen molar-refractivity contribution in [1.82, 2.24) is 9.80 Å². The normalized spacial score (nSPS) is 20.4. The maximum Gasteiger partial charge on any atom is 0.237 e. The van der Waals surface area contributed by atoms with Crippen molar-refractivity contribution < 1.29 is 17.6 Å². The molecule has 22 heavy (non-hydrogen) atoms. The molecule has 1 atom stereocenters. The van der Waals surface area contributed by atoms with Gasteiger partial charge in [-0.25, -0.2) is 8.42 Å². The van der Waals surface area contributed by atoms with Crippen LogP contribution in [0, 0.1) is 0 Å². The van der Waals surface area contributed by atoms with Gasteiger partial charge in [0, 0.05) is 12.6 Å². The molecule has 0 N–H and O–H groups in total. The van der Waals surface area contributed by atoms with Gasteiger partial charge >= 0.3 is 0 Å². The van der Waals surface area contributed by atoms with E-state index in [0.717, 1.165) is 12.3 Å². The van der Waals surface area contributed by atoms with Gasteiger partial charge in [-0.15, -0.1) is 0 Å². The molecular weight excluding hydrogens is 304 g/mol. The summed E-state index contributed by atoms with van der Waals surface area (Å²) in [4.78, 5) is 16.2. The summed E-state index contributed by atoms with van der Waals surface area (Å²) in [5.41, 5.74) is 0. The maximum atomic E-state index is 12.5. The molecule has 124 valence electrons. The molecule has 0 bridgehead atoms. The van der Waals surface area contributed by atoms with Gasteiger partial charge in [0.1, 0.15) is 5.76 Å². The lowest BCUT2D eigenvalue weighted by atomic mass is 10.2. The van der Waals surface area contributed by atoms with Crippen molar-refractivity contribution in [2.24, 2.45) is 0 Å². The standard InChI is InChI=1S/C15H24N2O4S/c1-3-16(10-14-6-5-8-21-14)11-15(18)17(4-2)13-7-9-22(19,20)12-13/h5-6,8,13H,3-4,7,9-12H2,1-2H3/t13-/m0/s1. The van der Waals surface area contributed by atoms with E-state index in [9.17, 15) is 13.2 Å². The van der Waals surface area contributed by atoms with Gasteiger partial charge in [0.25, 0.3) is 0 Å². The Balaban J connectivity index is 1.96. The summed E-state index contributed by atoms with van der Waals surface area (Å²) in [5, 5.41) is 0. The van der Waals surface area contributed by atoms with Crippen LogP contribution in [-0.4, -0.2) is 61.3 Å². The van der Waals surface area contributed by atoms with Crippen molar-refractivity contribution in [3.63, 3.8) is 0 Å². The van der Waals surface area contributed by atoms with Crippen LogP contribution in [0.4, 0.5) is 0 Å². The van der Waals surface area contributed by atoms with Crippen molar-refractivity contribution >= 4 is 15.7 Å². The Hall–Kier alpha value is -1.34. The molecule has 0 aliphatic carbocycles. The van der Waals surface area contributed by atoms with E-state index in [1.54, 1.807) is 11.2 Å². The Morgan fingerprint density at radius 2 is 2.14 bits per heavy atom. The molecule has 0 aromatic carbocycles. The second-order valence-electron chi connectivity index (χ2n) is 5.62. The fourth-order valence-corrected chi connectivity index (χ4v) is 4.57. The Kier molecular flexibility index (Phi) is 5.63. The van der Waals surface area contributed by atoms with Crippen LogP contribution in [-0.2, 0) is 21.2 Å². The molecule has 0 radical (unpaired) electrons. The molecular formula is C15H24N2O4S. The van der Waals surface area contributed by atoms with Crippen molar-refractivity contribution in [3.8, 4) is 0 Å². The average Bonchev–Trinajstić information content (AvgIpc) is 3.08. The van der Waals surface area contributed by atoms with Crippen LogP contribution in [0.5, 0.6) is 0 Å². The SMILES string of the molecule is CCN(CC(=O)N(CC)[C@H]1CCS(=O)(=O)C1)Cc1ccco1. The summed E-state index contributed by atoms with van der Waals surface area (Å²) < 4.78 is 28.5. The van der Waals surface area contributed by atoms with Gasteiger partial charge < -0.3 is 9.32 Å². The number of carbonyl (C=O) groups is 1. The van der Waals surface area contributed by atoms with Crippen molar-refractivity contribution in [2.75, 3.05) is 31.1 Å². The minimum atomic E-state index is -2.98. The highest BCUT2D eigenvalue weighted by Crippen LogP contribution is 2.18. The summed E-state index contributed by atoms with van der Waals surface area (Å²) in [6.07, 6.45) is 2.17. The van der Waals surface area contributed by atoms with E-state index in [-0.39, 0.29) is 30.0 Å².